The molecule has 0 aromatic heterocycles. The Hall–Kier alpha value is -3.93. The average molecular weight is 480 g/mol. The van der Waals surface area contributed by atoms with Gasteiger partial charge >= 0.3 is 0 Å². The van der Waals surface area contributed by atoms with Gasteiger partial charge in [-0.2, -0.15) is 5.26 Å². The van der Waals surface area contributed by atoms with Gasteiger partial charge in [0, 0.05) is 37.2 Å². The van der Waals surface area contributed by atoms with Crippen molar-refractivity contribution >= 4 is 11.9 Å². The van der Waals surface area contributed by atoms with Crippen LogP contribution in [0.4, 0.5) is 0 Å². The standard InChI is InChI=1S/C26H33N5O4/c1-28-25(30-17-27)31-19-10-12-26(13-11-19,18-8-6-5-7-9-18)16-29-24(32)20-14-22(34-3)23(35-4)15-21(20)33-2/h5-9,14-15,19H,10-13,16H2,1-4H3,(H,29,32)(H2,28,30,31)/t19-,26-. The number of carbonyl (C=O) groups excluding carboxylic acids is 1. The largest absolute Gasteiger partial charge is 0.496 e. The second-order valence-electron chi connectivity index (χ2n) is 8.47. The fourth-order valence-corrected chi connectivity index (χ4v) is 4.63. The molecule has 0 radical (unpaired) electrons. The number of hydrogen-bond donors (Lipinski definition) is 3. The molecule has 2 aromatic rings. The van der Waals surface area contributed by atoms with Gasteiger partial charge in [0.15, 0.2) is 11.5 Å². The summed E-state index contributed by atoms with van der Waals surface area (Å²) in [5.41, 5.74) is 1.36. The third kappa shape index (κ3) is 5.96. The second-order valence-corrected chi connectivity index (χ2v) is 8.47. The first-order valence-corrected chi connectivity index (χ1v) is 11.5. The van der Waals surface area contributed by atoms with E-state index in [0.29, 0.717) is 35.3 Å². The first-order valence-electron chi connectivity index (χ1n) is 11.5. The molecule has 1 aliphatic rings. The van der Waals surface area contributed by atoms with E-state index in [9.17, 15) is 4.79 Å². The van der Waals surface area contributed by atoms with Gasteiger partial charge in [0.05, 0.1) is 26.9 Å². The quantitative estimate of drug-likeness (QED) is 0.303. The van der Waals surface area contributed by atoms with Crippen molar-refractivity contribution in [2.24, 2.45) is 4.99 Å². The molecule has 3 rings (SSSR count). The summed E-state index contributed by atoms with van der Waals surface area (Å²) in [5, 5.41) is 18.2. The number of nitrogens with one attached hydrogen (secondary N) is 3. The Bertz CT molecular complexity index is 1070. The van der Waals surface area contributed by atoms with E-state index in [0.717, 1.165) is 25.7 Å². The van der Waals surface area contributed by atoms with Crippen molar-refractivity contribution in [2.45, 2.75) is 37.1 Å². The molecular weight excluding hydrogens is 446 g/mol. The molecule has 1 aliphatic carbocycles. The molecule has 0 aliphatic heterocycles. The molecule has 1 amide bonds. The maximum atomic E-state index is 13.3. The molecule has 0 atom stereocenters. The summed E-state index contributed by atoms with van der Waals surface area (Å²) in [6.07, 6.45) is 5.28. The highest BCUT2D eigenvalue weighted by atomic mass is 16.5. The molecule has 9 heteroatoms. The van der Waals surface area contributed by atoms with Crippen LogP contribution in [0.3, 0.4) is 0 Å². The molecule has 1 fully saturated rings. The zero-order valence-electron chi connectivity index (χ0n) is 20.7. The number of amides is 1. The minimum atomic E-state index is -0.239. The third-order valence-electron chi connectivity index (χ3n) is 6.61. The van der Waals surface area contributed by atoms with Gasteiger partial charge in [0.25, 0.3) is 5.91 Å². The molecule has 186 valence electrons. The van der Waals surface area contributed by atoms with Crippen LogP contribution in [0.5, 0.6) is 17.2 Å². The van der Waals surface area contributed by atoms with E-state index in [-0.39, 0.29) is 17.4 Å². The number of rotatable bonds is 8. The van der Waals surface area contributed by atoms with Crippen LogP contribution in [0.2, 0.25) is 0 Å². The fraction of sp³-hybridized carbons (Fsp3) is 0.423. The van der Waals surface area contributed by atoms with Crippen LogP contribution >= 0.6 is 0 Å². The van der Waals surface area contributed by atoms with Gasteiger partial charge in [-0.25, -0.2) is 0 Å². The summed E-state index contributed by atoms with van der Waals surface area (Å²) < 4.78 is 16.2. The van der Waals surface area contributed by atoms with Gasteiger partial charge in [-0.1, -0.05) is 30.3 Å². The van der Waals surface area contributed by atoms with E-state index < -0.39 is 0 Å². The van der Waals surface area contributed by atoms with Crippen LogP contribution in [-0.4, -0.2) is 52.8 Å². The van der Waals surface area contributed by atoms with Crippen molar-refractivity contribution in [3.05, 3.63) is 53.6 Å². The molecule has 0 bridgehead atoms. The molecule has 3 N–H and O–H groups in total. The Morgan fingerprint density at radius 2 is 1.69 bits per heavy atom. The average Bonchev–Trinajstić information content (AvgIpc) is 2.91. The van der Waals surface area contributed by atoms with Gasteiger partial charge in [-0.3, -0.25) is 4.79 Å². The lowest BCUT2D eigenvalue weighted by atomic mass is 9.68. The second kappa shape index (κ2) is 12.0. The summed E-state index contributed by atoms with van der Waals surface area (Å²) in [6.45, 7) is 0.477. The molecule has 35 heavy (non-hydrogen) atoms. The number of aliphatic imine (C=N–C) groups is 1. The number of hydrogen-bond acceptors (Lipinski definition) is 6. The Labute approximate surface area is 206 Å². The summed E-state index contributed by atoms with van der Waals surface area (Å²) >= 11 is 0. The predicted molar refractivity (Wildman–Crippen MR) is 134 cm³/mol. The van der Waals surface area contributed by atoms with E-state index in [2.05, 4.69) is 33.1 Å². The number of benzene rings is 2. The van der Waals surface area contributed by atoms with Crippen molar-refractivity contribution in [1.29, 1.82) is 5.26 Å². The summed E-state index contributed by atoms with van der Waals surface area (Å²) in [4.78, 5) is 17.1. The zero-order valence-corrected chi connectivity index (χ0v) is 20.7. The smallest absolute Gasteiger partial charge is 0.255 e. The fourth-order valence-electron chi connectivity index (χ4n) is 4.63. The van der Waals surface area contributed by atoms with E-state index in [1.54, 1.807) is 19.2 Å². The summed E-state index contributed by atoms with van der Waals surface area (Å²) in [5.74, 6) is 1.60. The van der Waals surface area contributed by atoms with Gasteiger partial charge in [-0.05, 0) is 31.2 Å². The molecule has 0 spiro atoms. The molecule has 2 aromatic carbocycles. The predicted octanol–water partition coefficient (Wildman–Crippen LogP) is 2.97. The van der Waals surface area contributed by atoms with Crippen LogP contribution < -0.4 is 30.2 Å². The minimum absolute atomic E-state index is 0.188. The number of methoxy groups -OCH3 is 3. The van der Waals surface area contributed by atoms with Gasteiger partial charge in [-0.15, -0.1) is 4.99 Å². The maximum absolute atomic E-state index is 13.3. The minimum Gasteiger partial charge on any atom is -0.496 e. The van der Waals surface area contributed by atoms with Crippen LogP contribution in [0.1, 0.15) is 41.6 Å². The summed E-state index contributed by atoms with van der Waals surface area (Å²) in [7, 11) is 6.33. The van der Waals surface area contributed by atoms with Crippen molar-refractivity contribution in [2.75, 3.05) is 34.9 Å². The summed E-state index contributed by atoms with van der Waals surface area (Å²) in [6, 6.07) is 13.8. The lowest BCUT2D eigenvalue weighted by Crippen LogP contribution is -2.49. The topological polar surface area (TPSA) is 117 Å². The van der Waals surface area contributed by atoms with Crippen molar-refractivity contribution in [1.82, 2.24) is 16.0 Å². The lowest BCUT2D eigenvalue weighted by Gasteiger charge is -2.41. The molecule has 0 unspecified atom stereocenters. The van der Waals surface area contributed by atoms with Gasteiger partial charge in [0.1, 0.15) is 5.75 Å². The van der Waals surface area contributed by atoms with Crippen molar-refractivity contribution in [3.63, 3.8) is 0 Å². The number of ether oxygens (including phenoxy) is 3. The Morgan fingerprint density at radius 3 is 2.26 bits per heavy atom. The normalized spacial score (nSPS) is 19.7. The SMILES string of the molecule is CN/C(=N\C#N)N[C@H]1CC[C@](CNC(=O)c2cc(OC)c(OC)cc2OC)(c2ccccc2)CC1. The van der Waals surface area contributed by atoms with E-state index in [4.69, 9.17) is 19.5 Å². The van der Waals surface area contributed by atoms with E-state index in [1.165, 1.54) is 26.9 Å². The molecular formula is C26H33N5O4. The van der Waals surface area contributed by atoms with Gasteiger partial charge < -0.3 is 30.2 Å². The number of guanidine groups is 1. The van der Waals surface area contributed by atoms with Crippen LogP contribution in [0, 0.1) is 11.5 Å². The maximum Gasteiger partial charge on any atom is 0.255 e. The van der Waals surface area contributed by atoms with Crippen molar-refractivity contribution < 1.29 is 19.0 Å². The van der Waals surface area contributed by atoms with E-state index >= 15 is 0 Å². The highest BCUT2D eigenvalue weighted by molar-refractivity contribution is 5.98. The number of carbonyl (C=O) groups is 1. The number of nitrogens with zero attached hydrogens (tertiary/aromatic N) is 2. The van der Waals surface area contributed by atoms with Crippen molar-refractivity contribution in [3.8, 4) is 23.4 Å². The Kier molecular flexibility index (Phi) is 8.79. The van der Waals surface area contributed by atoms with E-state index in [1.807, 2.05) is 24.4 Å². The molecule has 0 heterocycles. The lowest BCUT2D eigenvalue weighted by molar-refractivity contribution is 0.0931. The van der Waals surface area contributed by atoms with Gasteiger partial charge in [0.2, 0.25) is 12.2 Å². The Balaban J connectivity index is 1.79. The Morgan fingerprint density at radius 1 is 1.06 bits per heavy atom. The molecule has 0 saturated heterocycles. The molecule has 1 saturated carbocycles. The highest BCUT2D eigenvalue weighted by Gasteiger charge is 2.37. The third-order valence-corrected chi connectivity index (χ3v) is 6.61. The highest BCUT2D eigenvalue weighted by Crippen LogP contribution is 2.40. The van der Waals surface area contributed by atoms with Crippen LogP contribution in [0.25, 0.3) is 0 Å². The zero-order chi connectivity index (χ0) is 25.3. The first kappa shape index (κ1) is 25.7. The monoisotopic (exact) mass is 479 g/mol. The number of nitriles is 1. The van der Waals surface area contributed by atoms with Crippen LogP contribution in [-0.2, 0) is 5.41 Å². The molecule has 9 nitrogen and oxygen atoms in total. The van der Waals surface area contributed by atoms with Crippen LogP contribution in [0.15, 0.2) is 47.5 Å². The first-order chi connectivity index (χ1) is 17.0.